The van der Waals surface area contributed by atoms with Crippen LogP contribution in [0.2, 0.25) is 0 Å². The van der Waals surface area contributed by atoms with Gasteiger partial charge in [0, 0.05) is 32.4 Å². The Hall–Kier alpha value is -2.64. The first-order valence-corrected chi connectivity index (χ1v) is 8.60. The van der Waals surface area contributed by atoms with Crippen molar-refractivity contribution >= 4 is 11.7 Å². The normalized spacial score (nSPS) is 20.2. The van der Waals surface area contributed by atoms with Crippen LogP contribution in [-0.2, 0) is 4.79 Å². The van der Waals surface area contributed by atoms with Gasteiger partial charge in [-0.15, -0.1) is 0 Å². The van der Waals surface area contributed by atoms with Crippen molar-refractivity contribution < 1.29 is 4.79 Å². The van der Waals surface area contributed by atoms with Crippen LogP contribution in [0.1, 0.15) is 25.3 Å². The van der Waals surface area contributed by atoms with Crippen LogP contribution in [0.25, 0.3) is 0 Å². The molecule has 0 radical (unpaired) electrons. The van der Waals surface area contributed by atoms with E-state index in [4.69, 9.17) is 0 Å². The number of carbonyl (C=O) groups is 1. The molecule has 3 rings (SSSR count). The van der Waals surface area contributed by atoms with Crippen LogP contribution < -0.4 is 10.2 Å². The van der Waals surface area contributed by atoms with E-state index in [1.807, 2.05) is 6.92 Å². The van der Waals surface area contributed by atoms with Gasteiger partial charge in [-0.3, -0.25) is 9.69 Å². The minimum Gasteiger partial charge on any atom is -0.353 e. The highest BCUT2D eigenvalue weighted by molar-refractivity contribution is 5.79. The van der Waals surface area contributed by atoms with Gasteiger partial charge < -0.3 is 10.2 Å². The van der Waals surface area contributed by atoms with Crippen LogP contribution in [0.15, 0.2) is 18.3 Å². The molecule has 1 unspecified atom stereocenters. The zero-order valence-electron chi connectivity index (χ0n) is 14.4. The molecule has 0 spiro atoms. The predicted octanol–water partition coefficient (Wildman–Crippen LogP) is 0.884. The third-order valence-electron chi connectivity index (χ3n) is 4.97. The average molecular weight is 338 g/mol. The Morgan fingerprint density at radius 1 is 1.36 bits per heavy atom. The number of amides is 1. The van der Waals surface area contributed by atoms with Crippen LogP contribution >= 0.6 is 0 Å². The standard InChI is InChI=1S/C18H22N6O/c1-18(13-20,15-4-5-15)22-16(25)12-23-7-9-24(10-8-23)17-14(11-19)3-2-6-21-17/h2-3,6,15H,4-5,7-10,12H2,1H3,(H,22,25). The van der Waals surface area contributed by atoms with Crippen LogP contribution in [0, 0.1) is 28.6 Å². The first-order valence-electron chi connectivity index (χ1n) is 8.60. The van der Waals surface area contributed by atoms with E-state index in [0.717, 1.165) is 39.0 Å². The summed E-state index contributed by atoms with van der Waals surface area (Å²) in [5.41, 5.74) is -0.169. The van der Waals surface area contributed by atoms with Gasteiger partial charge in [0.05, 0.1) is 18.2 Å². The van der Waals surface area contributed by atoms with E-state index in [1.54, 1.807) is 18.3 Å². The van der Waals surface area contributed by atoms with E-state index in [0.29, 0.717) is 17.9 Å². The maximum atomic E-state index is 12.3. The van der Waals surface area contributed by atoms with Crippen molar-refractivity contribution in [3.8, 4) is 12.1 Å². The topological polar surface area (TPSA) is 96.1 Å². The first-order chi connectivity index (χ1) is 12.1. The lowest BCUT2D eigenvalue weighted by Gasteiger charge is -2.35. The monoisotopic (exact) mass is 338 g/mol. The Morgan fingerprint density at radius 2 is 2.08 bits per heavy atom. The Kier molecular flexibility index (Phi) is 4.87. The summed E-state index contributed by atoms with van der Waals surface area (Å²) in [5, 5.41) is 21.4. The predicted molar refractivity (Wildman–Crippen MR) is 92.5 cm³/mol. The van der Waals surface area contributed by atoms with Gasteiger partial charge in [0.25, 0.3) is 0 Å². The van der Waals surface area contributed by atoms with Crippen LogP contribution in [-0.4, -0.2) is 54.1 Å². The molecule has 7 heteroatoms. The molecule has 0 aromatic carbocycles. The summed E-state index contributed by atoms with van der Waals surface area (Å²) in [5.74, 6) is 0.895. The van der Waals surface area contributed by atoms with Crippen LogP contribution in [0.5, 0.6) is 0 Å². The van der Waals surface area contributed by atoms with Gasteiger partial charge >= 0.3 is 0 Å². The van der Waals surface area contributed by atoms with Crippen molar-refractivity contribution in [3.63, 3.8) is 0 Å². The van der Waals surface area contributed by atoms with Crippen molar-refractivity contribution in [2.75, 3.05) is 37.6 Å². The highest BCUT2D eigenvalue weighted by Crippen LogP contribution is 2.39. The molecule has 1 saturated carbocycles. The molecule has 1 aliphatic heterocycles. The largest absolute Gasteiger partial charge is 0.353 e. The Balaban J connectivity index is 1.52. The quantitative estimate of drug-likeness (QED) is 0.856. The third-order valence-corrected chi connectivity index (χ3v) is 4.97. The number of pyridine rings is 1. The van der Waals surface area contributed by atoms with E-state index in [-0.39, 0.29) is 11.8 Å². The van der Waals surface area contributed by atoms with Crippen molar-refractivity contribution in [3.05, 3.63) is 23.9 Å². The molecular formula is C18H22N6O. The zero-order valence-corrected chi connectivity index (χ0v) is 14.4. The maximum Gasteiger partial charge on any atom is 0.235 e. The van der Waals surface area contributed by atoms with Crippen molar-refractivity contribution in [1.82, 2.24) is 15.2 Å². The van der Waals surface area contributed by atoms with Gasteiger partial charge in [-0.2, -0.15) is 10.5 Å². The van der Waals surface area contributed by atoms with Crippen molar-refractivity contribution in [2.45, 2.75) is 25.3 Å². The van der Waals surface area contributed by atoms with Gasteiger partial charge in [-0.1, -0.05) is 0 Å². The highest BCUT2D eigenvalue weighted by atomic mass is 16.2. The molecule has 0 bridgehead atoms. The minimum absolute atomic E-state index is 0.0973. The number of carbonyl (C=O) groups excluding carboxylic acids is 1. The molecule has 1 aliphatic carbocycles. The Morgan fingerprint density at radius 3 is 2.68 bits per heavy atom. The van der Waals surface area contributed by atoms with Gasteiger partial charge in [-0.25, -0.2) is 4.98 Å². The summed E-state index contributed by atoms with van der Waals surface area (Å²) < 4.78 is 0. The zero-order chi connectivity index (χ0) is 17.9. The van der Waals surface area contributed by atoms with E-state index in [2.05, 4.69) is 32.2 Å². The molecule has 1 amide bonds. The Bertz CT molecular complexity index is 724. The lowest BCUT2D eigenvalue weighted by molar-refractivity contribution is -0.123. The lowest BCUT2D eigenvalue weighted by atomic mass is 9.98. The minimum atomic E-state index is -0.742. The summed E-state index contributed by atoms with van der Waals surface area (Å²) in [7, 11) is 0. The fourth-order valence-electron chi connectivity index (χ4n) is 3.27. The molecule has 1 N–H and O–H groups in total. The smallest absolute Gasteiger partial charge is 0.235 e. The van der Waals surface area contributed by atoms with E-state index in [1.165, 1.54) is 0 Å². The number of nitrogens with zero attached hydrogens (tertiary/aromatic N) is 5. The molecule has 2 fully saturated rings. The molecule has 1 atom stereocenters. The van der Waals surface area contributed by atoms with Crippen molar-refractivity contribution in [1.29, 1.82) is 10.5 Å². The molecule has 1 saturated heterocycles. The maximum absolute atomic E-state index is 12.3. The molecule has 25 heavy (non-hydrogen) atoms. The fourth-order valence-corrected chi connectivity index (χ4v) is 3.27. The summed E-state index contributed by atoms with van der Waals surface area (Å²) in [6, 6.07) is 7.95. The second-order valence-electron chi connectivity index (χ2n) is 6.89. The van der Waals surface area contributed by atoms with Crippen molar-refractivity contribution in [2.24, 2.45) is 5.92 Å². The number of aromatic nitrogens is 1. The number of nitriles is 2. The fraction of sp³-hybridized carbons (Fsp3) is 0.556. The average Bonchev–Trinajstić information content (AvgIpc) is 3.48. The number of hydrogen-bond acceptors (Lipinski definition) is 6. The molecule has 1 aromatic heterocycles. The number of nitrogens with one attached hydrogen (secondary N) is 1. The number of anilines is 1. The lowest BCUT2D eigenvalue weighted by Crippen LogP contribution is -2.53. The SMILES string of the molecule is CC(C#N)(NC(=O)CN1CCN(c2ncccc2C#N)CC1)C1CC1. The summed E-state index contributed by atoms with van der Waals surface area (Å²) in [6.07, 6.45) is 3.71. The summed E-state index contributed by atoms with van der Waals surface area (Å²) in [4.78, 5) is 20.8. The van der Waals surface area contributed by atoms with Crippen LogP contribution in [0.3, 0.4) is 0 Å². The molecular weight excluding hydrogens is 316 g/mol. The third kappa shape index (κ3) is 3.89. The van der Waals surface area contributed by atoms with Crippen LogP contribution in [0.4, 0.5) is 5.82 Å². The first kappa shape index (κ1) is 17.2. The van der Waals surface area contributed by atoms with Gasteiger partial charge in [0.15, 0.2) is 0 Å². The Labute approximate surface area is 147 Å². The number of hydrogen-bond donors (Lipinski definition) is 1. The summed E-state index contributed by atoms with van der Waals surface area (Å²) >= 11 is 0. The molecule has 2 heterocycles. The molecule has 7 nitrogen and oxygen atoms in total. The van der Waals surface area contributed by atoms with E-state index in [9.17, 15) is 15.3 Å². The highest BCUT2D eigenvalue weighted by Gasteiger charge is 2.43. The molecule has 1 aromatic rings. The van der Waals surface area contributed by atoms with E-state index < -0.39 is 5.54 Å². The summed E-state index contributed by atoms with van der Waals surface area (Å²) in [6.45, 7) is 4.99. The van der Waals surface area contributed by atoms with Gasteiger partial charge in [0.1, 0.15) is 17.4 Å². The second-order valence-corrected chi connectivity index (χ2v) is 6.89. The van der Waals surface area contributed by atoms with Gasteiger partial charge in [0.2, 0.25) is 5.91 Å². The number of rotatable bonds is 5. The van der Waals surface area contributed by atoms with Gasteiger partial charge in [-0.05, 0) is 37.8 Å². The number of piperazine rings is 1. The molecule has 130 valence electrons. The van der Waals surface area contributed by atoms with E-state index >= 15 is 0 Å². The second kappa shape index (κ2) is 7.08. The molecule has 2 aliphatic rings.